The molecule has 2 aromatic carbocycles. The monoisotopic (exact) mass is 410 g/mol. The third kappa shape index (κ3) is 4.01. The lowest BCUT2D eigenvalue weighted by molar-refractivity contribution is -0.131. The summed E-state index contributed by atoms with van der Waals surface area (Å²) in [6.07, 6.45) is 0.733. The lowest BCUT2D eigenvalue weighted by Gasteiger charge is -2.23. The number of hydrogen-bond donors (Lipinski definition) is 1. The first-order valence-electron chi connectivity index (χ1n) is 9.85. The van der Waals surface area contributed by atoms with Crippen molar-refractivity contribution in [3.8, 4) is 5.75 Å². The van der Waals surface area contributed by atoms with Gasteiger partial charge < -0.3 is 14.8 Å². The molecule has 3 rings (SSSR count). The summed E-state index contributed by atoms with van der Waals surface area (Å²) in [4.78, 5) is 39.1. The van der Waals surface area contributed by atoms with Crippen LogP contribution < -0.4 is 10.1 Å². The topological polar surface area (TPSA) is 84.9 Å². The summed E-state index contributed by atoms with van der Waals surface area (Å²) < 4.78 is 10.4. The van der Waals surface area contributed by atoms with Crippen molar-refractivity contribution in [1.29, 1.82) is 0 Å². The molecule has 0 aliphatic carbocycles. The van der Waals surface area contributed by atoms with E-state index in [1.165, 1.54) is 0 Å². The van der Waals surface area contributed by atoms with Crippen LogP contribution >= 0.6 is 0 Å². The van der Waals surface area contributed by atoms with E-state index in [1.54, 1.807) is 50.4 Å². The van der Waals surface area contributed by atoms with Crippen LogP contribution in [0.1, 0.15) is 47.3 Å². The van der Waals surface area contributed by atoms with Gasteiger partial charge in [0.15, 0.2) is 0 Å². The molecule has 7 nitrogen and oxygen atoms in total. The molecule has 1 unspecified atom stereocenters. The number of nitrogens with zero attached hydrogens (tertiary/aromatic N) is 1. The van der Waals surface area contributed by atoms with Gasteiger partial charge in [0, 0.05) is 0 Å². The SMILES string of the molecule is CCCOC(=O)c1cccc(CN2C(=O)NC(C)(c3ccc(OC)c(C)c3)C2=O)c1. The molecule has 0 spiro atoms. The Kier molecular flexibility index (Phi) is 6.10. The Morgan fingerprint density at radius 1 is 1.17 bits per heavy atom. The number of methoxy groups -OCH3 is 1. The Hall–Kier alpha value is -3.35. The second kappa shape index (κ2) is 8.57. The van der Waals surface area contributed by atoms with Gasteiger partial charge in [-0.25, -0.2) is 9.59 Å². The number of hydrogen-bond acceptors (Lipinski definition) is 5. The fraction of sp³-hybridized carbons (Fsp3) is 0.348. The van der Waals surface area contributed by atoms with Crippen LogP contribution in [0.3, 0.4) is 0 Å². The van der Waals surface area contributed by atoms with Crippen LogP contribution in [0.25, 0.3) is 0 Å². The lowest BCUT2D eigenvalue weighted by Crippen LogP contribution is -2.40. The molecule has 158 valence electrons. The van der Waals surface area contributed by atoms with E-state index in [4.69, 9.17) is 9.47 Å². The highest BCUT2D eigenvalue weighted by atomic mass is 16.5. The fourth-order valence-electron chi connectivity index (χ4n) is 3.48. The quantitative estimate of drug-likeness (QED) is 0.557. The molecule has 0 saturated carbocycles. The average molecular weight is 410 g/mol. The number of urea groups is 1. The van der Waals surface area contributed by atoms with Gasteiger partial charge in [-0.2, -0.15) is 0 Å². The summed E-state index contributed by atoms with van der Waals surface area (Å²) >= 11 is 0. The van der Waals surface area contributed by atoms with E-state index in [0.717, 1.165) is 16.9 Å². The van der Waals surface area contributed by atoms with Crippen molar-refractivity contribution in [2.45, 2.75) is 39.3 Å². The lowest BCUT2D eigenvalue weighted by atomic mass is 9.90. The zero-order valence-electron chi connectivity index (χ0n) is 17.7. The Bertz CT molecular complexity index is 987. The van der Waals surface area contributed by atoms with Crippen molar-refractivity contribution in [3.63, 3.8) is 0 Å². The third-order valence-electron chi connectivity index (χ3n) is 5.19. The normalized spacial score (nSPS) is 18.3. The molecule has 1 saturated heterocycles. The number of imide groups is 1. The highest BCUT2D eigenvalue weighted by Gasteiger charge is 2.49. The van der Waals surface area contributed by atoms with Crippen LogP contribution in [-0.4, -0.2) is 36.5 Å². The highest BCUT2D eigenvalue weighted by Crippen LogP contribution is 2.32. The van der Waals surface area contributed by atoms with Crippen molar-refractivity contribution < 1.29 is 23.9 Å². The number of carbonyl (C=O) groups excluding carboxylic acids is 3. The van der Waals surface area contributed by atoms with Crippen molar-refractivity contribution in [1.82, 2.24) is 10.2 Å². The van der Waals surface area contributed by atoms with Crippen LogP contribution in [0.5, 0.6) is 5.75 Å². The molecule has 1 atom stereocenters. The van der Waals surface area contributed by atoms with E-state index >= 15 is 0 Å². The number of carbonyl (C=O) groups is 3. The van der Waals surface area contributed by atoms with Crippen LogP contribution in [0, 0.1) is 6.92 Å². The fourth-order valence-corrected chi connectivity index (χ4v) is 3.48. The maximum absolute atomic E-state index is 13.2. The van der Waals surface area contributed by atoms with Crippen molar-refractivity contribution in [3.05, 3.63) is 64.7 Å². The molecular formula is C23H26N2O5. The molecule has 1 fully saturated rings. The minimum atomic E-state index is -1.17. The molecular weight excluding hydrogens is 384 g/mol. The molecule has 2 aromatic rings. The van der Waals surface area contributed by atoms with E-state index in [2.05, 4.69) is 5.32 Å². The zero-order chi connectivity index (χ0) is 21.9. The van der Waals surface area contributed by atoms with Crippen LogP contribution in [0.2, 0.25) is 0 Å². The Morgan fingerprint density at radius 2 is 1.93 bits per heavy atom. The van der Waals surface area contributed by atoms with Gasteiger partial charge in [-0.1, -0.05) is 25.1 Å². The van der Waals surface area contributed by atoms with Gasteiger partial charge >= 0.3 is 12.0 Å². The van der Waals surface area contributed by atoms with Crippen molar-refractivity contribution >= 4 is 17.9 Å². The summed E-state index contributed by atoms with van der Waals surface area (Å²) in [6.45, 7) is 5.89. The highest BCUT2D eigenvalue weighted by molar-refractivity contribution is 6.07. The summed E-state index contributed by atoms with van der Waals surface area (Å²) in [5.41, 5.74) is 1.43. The predicted molar refractivity (Wildman–Crippen MR) is 111 cm³/mol. The minimum Gasteiger partial charge on any atom is -0.496 e. The van der Waals surface area contributed by atoms with Crippen LogP contribution in [-0.2, 0) is 21.6 Å². The standard InChI is InChI=1S/C23H26N2O5/c1-5-11-30-20(26)17-8-6-7-16(13-17)14-25-21(27)23(3,24-22(25)28)18-9-10-19(29-4)15(2)12-18/h6-10,12-13H,5,11,14H2,1-4H3,(H,24,28). The number of benzene rings is 2. The van der Waals surface area contributed by atoms with Gasteiger partial charge in [0.25, 0.3) is 5.91 Å². The van der Waals surface area contributed by atoms with Crippen LogP contribution in [0.15, 0.2) is 42.5 Å². The number of aryl methyl sites for hydroxylation is 1. The second-order valence-corrected chi connectivity index (χ2v) is 7.47. The number of ether oxygens (including phenoxy) is 2. The van der Waals surface area contributed by atoms with Crippen molar-refractivity contribution in [2.24, 2.45) is 0 Å². The third-order valence-corrected chi connectivity index (χ3v) is 5.19. The molecule has 30 heavy (non-hydrogen) atoms. The molecule has 1 aliphatic heterocycles. The van der Waals surface area contributed by atoms with Gasteiger partial charge in [0.1, 0.15) is 11.3 Å². The summed E-state index contributed by atoms with van der Waals surface area (Å²) in [5, 5.41) is 2.80. The van der Waals surface area contributed by atoms with Gasteiger partial charge in [0.2, 0.25) is 0 Å². The van der Waals surface area contributed by atoms with E-state index < -0.39 is 17.5 Å². The van der Waals surface area contributed by atoms with Gasteiger partial charge in [0.05, 0.1) is 25.8 Å². The Balaban J connectivity index is 1.82. The number of rotatable bonds is 7. The first-order valence-corrected chi connectivity index (χ1v) is 9.85. The number of amides is 3. The molecule has 1 N–H and O–H groups in total. The maximum atomic E-state index is 13.2. The largest absolute Gasteiger partial charge is 0.496 e. The molecule has 1 aliphatic rings. The average Bonchev–Trinajstić information content (AvgIpc) is 2.96. The van der Waals surface area contributed by atoms with Crippen LogP contribution in [0.4, 0.5) is 4.79 Å². The summed E-state index contributed by atoms with van der Waals surface area (Å²) in [7, 11) is 1.58. The van der Waals surface area contributed by atoms with Gasteiger partial charge in [-0.15, -0.1) is 0 Å². The molecule has 7 heteroatoms. The van der Waals surface area contributed by atoms with E-state index in [-0.39, 0.29) is 12.5 Å². The molecule has 1 heterocycles. The number of nitrogens with one attached hydrogen (secondary N) is 1. The van der Waals surface area contributed by atoms with Gasteiger partial charge in [-0.3, -0.25) is 9.69 Å². The summed E-state index contributed by atoms with van der Waals surface area (Å²) in [6, 6.07) is 11.7. The Labute approximate surface area is 176 Å². The first-order chi connectivity index (χ1) is 14.3. The maximum Gasteiger partial charge on any atom is 0.338 e. The van der Waals surface area contributed by atoms with E-state index in [1.807, 2.05) is 19.9 Å². The van der Waals surface area contributed by atoms with Gasteiger partial charge in [-0.05, 0) is 61.2 Å². The zero-order valence-corrected chi connectivity index (χ0v) is 17.7. The molecule has 3 amide bonds. The number of esters is 1. The van der Waals surface area contributed by atoms with E-state index in [0.29, 0.717) is 29.0 Å². The van der Waals surface area contributed by atoms with E-state index in [9.17, 15) is 14.4 Å². The Morgan fingerprint density at radius 3 is 2.60 bits per heavy atom. The molecule has 0 bridgehead atoms. The smallest absolute Gasteiger partial charge is 0.338 e. The molecule has 0 aromatic heterocycles. The summed E-state index contributed by atoms with van der Waals surface area (Å²) in [5.74, 6) is -0.0618. The minimum absolute atomic E-state index is 0.0598. The first kappa shape index (κ1) is 21.4. The second-order valence-electron chi connectivity index (χ2n) is 7.47. The molecule has 0 radical (unpaired) electrons. The van der Waals surface area contributed by atoms with Crippen molar-refractivity contribution in [2.75, 3.05) is 13.7 Å². The predicted octanol–water partition coefficient (Wildman–Crippen LogP) is 3.54.